The van der Waals surface area contributed by atoms with E-state index in [0.717, 1.165) is 19.1 Å². The van der Waals surface area contributed by atoms with E-state index in [9.17, 15) is 40.3 Å². The van der Waals surface area contributed by atoms with Crippen LogP contribution in [0.2, 0.25) is 5.02 Å². The number of hydrogen-bond donors (Lipinski definition) is 2. The van der Waals surface area contributed by atoms with Crippen molar-refractivity contribution in [1.29, 1.82) is 0 Å². The summed E-state index contributed by atoms with van der Waals surface area (Å²) < 4.78 is 94.8. The van der Waals surface area contributed by atoms with Crippen LogP contribution in [0.1, 0.15) is 62.0 Å². The number of halogens is 6. The van der Waals surface area contributed by atoms with Crippen LogP contribution in [-0.4, -0.2) is 60.1 Å². The summed E-state index contributed by atoms with van der Waals surface area (Å²) in [6.07, 6.45) is -2.94. The minimum absolute atomic E-state index is 0.0284. The first kappa shape index (κ1) is 32.1. The first-order chi connectivity index (χ1) is 18.4. The molecule has 1 aromatic heterocycles. The number of aliphatic hydroxyl groups is 1. The SMILES string of the molecule is CCn1nc(C(=O)NC[C@H]2CC[C@H](S(C)(=O)=O)CC2)c(Cl)c1-c1ccc(C(C)(O)CC(F)(F)F)cc1OC(F)F. The van der Waals surface area contributed by atoms with Gasteiger partial charge in [-0.15, -0.1) is 0 Å². The number of rotatable bonds is 10. The predicted octanol–water partition coefficient (Wildman–Crippen LogP) is 5.32. The number of carbonyl (C=O) groups excluding carboxylic acids is 1. The number of benzene rings is 1. The molecule has 8 nitrogen and oxygen atoms in total. The molecule has 1 heterocycles. The van der Waals surface area contributed by atoms with Crippen molar-refractivity contribution in [1.82, 2.24) is 15.1 Å². The zero-order chi connectivity index (χ0) is 30.0. The summed E-state index contributed by atoms with van der Waals surface area (Å²) in [5.41, 5.74) is -2.98. The van der Waals surface area contributed by atoms with Gasteiger partial charge in [0.15, 0.2) is 5.69 Å². The summed E-state index contributed by atoms with van der Waals surface area (Å²) in [5, 5.41) is 16.8. The predicted molar refractivity (Wildman–Crippen MR) is 138 cm³/mol. The average molecular weight is 616 g/mol. The monoisotopic (exact) mass is 615 g/mol. The Bertz CT molecular complexity index is 1320. The van der Waals surface area contributed by atoms with Crippen molar-refractivity contribution in [2.24, 2.45) is 5.92 Å². The van der Waals surface area contributed by atoms with Gasteiger partial charge < -0.3 is 15.2 Å². The normalized spacial score (nSPS) is 19.9. The maximum absolute atomic E-state index is 13.3. The van der Waals surface area contributed by atoms with Crippen LogP contribution < -0.4 is 10.1 Å². The zero-order valence-corrected chi connectivity index (χ0v) is 23.6. The Morgan fingerprint density at radius 2 is 1.88 bits per heavy atom. The van der Waals surface area contributed by atoms with E-state index in [1.165, 1.54) is 17.0 Å². The van der Waals surface area contributed by atoms with E-state index >= 15 is 0 Å². The maximum atomic E-state index is 13.3. The van der Waals surface area contributed by atoms with Gasteiger partial charge in [0.2, 0.25) is 0 Å². The topological polar surface area (TPSA) is 111 Å². The van der Waals surface area contributed by atoms with E-state index in [2.05, 4.69) is 15.2 Å². The van der Waals surface area contributed by atoms with E-state index in [1.807, 2.05) is 0 Å². The molecule has 0 bridgehead atoms. The summed E-state index contributed by atoms with van der Waals surface area (Å²) in [7, 11) is -3.13. The Balaban J connectivity index is 1.88. The second kappa shape index (κ2) is 12.2. The summed E-state index contributed by atoms with van der Waals surface area (Å²) in [5.74, 6) is -1.14. The lowest BCUT2D eigenvalue weighted by molar-refractivity contribution is -0.174. The molecule has 2 aromatic rings. The van der Waals surface area contributed by atoms with Crippen LogP contribution >= 0.6 is 11.6 Å². The Hall–Kier alpha value is -2.45. The number of nitrogens with zero attached hydrogens (tertiary/aromatic N) is 2. The molecular formula is C25H31ClF5N3O5S. The van der Waals surface area contributed by atoms with E-state index in [4.69, 9.17) is 11.6 Å². The number of hydrogen-bond acceptors (Lipinski definition) is 6. The molecule has 0 aliphatic heterocycles. The number of sulfone groups is 1. The Morgan fingerprint density at radius 1 is 1.25 bits per heavy atom. The van der Waals surface area contributed by atoms with Crippen LogP contribution in [-0.2, 0) is 22.0 Å². The highest BCUT2D eigenvalue weighted by atomic mass is 35.5. The Labute approximate surface area is 233 Å². The molecule has 40 heavy (non-hydrogen) atoms. The highest BCUT2D eigenvalue weighted by Crippen LogP contribution is 2.42. The quantitative estimate of drug-likeness (QED) is 0.350. The van der Waals surface area contributed by atoms with Gasteiger partial charge in [0.25, 0.3) is 5.91 Å². The fourth-order valence-corrected chi connectivity index (χ4v) is 6.35. The number of amides is 1. The van der Waals surface area contributed by atoms with Crippen LogP contribution in [0.4, 0.5) is 22.0 Å². The third kappa shape index (κ3) is 7.84. The molecule has 0 saturated heterocycles. The second-order valence-corrected chi connectivity index (χ2v) is 12.9. The Morgan fingerprint density at radius 3 is 2.40 bits per heavy atom. The maximum Gasteiger partial charge on any atom is 0.392 e. The minimum atomic E-state index is -4.73. The lowest BCUT2D eigenvalue weighted by Gasteiger charge is -2.27. The fourth-order valence-electron chi connectivity index (χ4n) is 4.89. The summed E-state index contributed by atoms with van der Waals surface area (Å²) in [6, 6.07) is 3.19. The van der Waals surface area contributed by atoms with Crippen molar-refractivity contribution in [2.75, 3.05) is 12.8 Å². The summed E-state index contributed by atoms with van der Waals surface area (Å²) in [6.45, 7) is -0.382. The van der Waals surface area contributed by atoms with Gasteiger partial charge in [0.05, 0.1) is 28.0 Å². The number of alkyl halides is 5. The number of aromatic nitrogens is 2. The standard InChI is InChI=1S/C25H31ClF5N3O5S/c1-4-34-21(17-10-7-15(11-18(17)39-23(27)28)24(2,36)13-25(29,30)31)19(26)20(33-34)22(35)32-12-14-5-8-16(9-6-14)40(3,37)38/h7,10-11,14,16,23,36H,4-6,8-9,12-13H2,1-3H3,(H,32,35)/t14-,16-,24?. The van der Waals surface area contributed by atoms with Crippen molar-refractivity contribution < 1.29 is 45.0 Å². The third-order valence-corrected chi connectivity index (χ3v) is 9.02. The van der Waals surface area contributed by atoms with Crippen LogP contribution in [0.5, 0.6) is 5.75 Å². The second-order valence-electron chi connectivity index (χ2n) is 10.2. The van der Waals surface area contributed by atoms with Gasteiger partial charge in [-0.1, -0.05) is 17.7 Å². The molecule has 1 saturated carbocycles. The van der Waals surface area contributed by atoms with Crippen molar-refractivity contribution in [3.8, 4) is 17.0 Å². The van der Waals surface area contributed by atoms with Crippen molar-refractivity contribution in [3.63, 3.8) is 0 Å². The molecule has 3 rings (SSSR count). The highest BCUT2D eigenvalue weighted by molar-refractivity contribution is 7.91. The van der Waals surface area contributed by atoms with Gasteiger partial charge in [-0.25, -0.2) is 8.42 Å². The van der Waals surface area contributed by atoms with E-state index in [0.29, 0.717) is 25.7 Å². The van der Waals surface area contributed by atoms with Crippen molar-refractivity contribution in [3.05, 3.63) is 34.5 Å². The summed E-state index contributed by atoms with van der Waals surface area (Å²) in [4.78, 5) is 13.0. The number of carbonyl (C=O) groups is 1. The molecule has 0 spiro atoms. The zero-order valence-electron chi connectivity index (χ0n) is 22.1. The molecule has 1 aromatic carbocycles. The molecule has 1 amide bonds. The molecular weight excluding hydrogens is 585 g/mol. The van der Waals surface area contributed by atoms with Crippen LogP contribution in [0, 0.1) is 5.92 Å². The third-order valence-electron chi connectivity index (χ3n) is 6.98. The molecule has 1 aliphatic rings. The lowest BCUT2D eigenvalue weighted by atomic mass is 9.89. The van der Waals surface area contributed by atoms with Gasteiger partial charge >= 0.3 is 12.8 Å². The molecule has 15 heteroatoms. The minimum Gasteiger partial charge on any atom is -0.434 e. The van der Waals surface area contributed by atoms with Gasteiger partial charge in [0, 0.05) is 24.9 Å². The van der Waals surface area contributed by atoms with Gasteiger partial charge in [-0.3, -0.25) is 9.48 Å². The lowest BCUT2D eigenvalue weighted by Crippen LogP contribution is -2.34. The van der Waals surface area contributed by atoms with E-state index < -0.39 is 51.6 Å². The van der Waals surface area contributed by atoms with Crippen LogP contribution in [0.25, 0.3) is 11.3 Å². The molecule has 1 atom stereocenters. The first-order valence-corrected chi connectivity index (χ1v) is 14.9. The molecule has 1 unspecified atom stereocenters. The Kier molecular flexibility index (Phi) is 9.78. The smallest absolute Gasteiger partial charge is 0.392 e. The number of aryl methyl sites for hydroxylation is 1. The molecule has 2 N–H and O–H groups in total. The van der Waals surface area contributed by atoms with Crippen LogP contribution in [0.3, 0.4) is 0 Å². The molecule has 0 radical (unpaired) electrons. The van der Waals surface area contributed by atoms with Crippen LogP contribution in [0.15, 0.2) is 18.2 Å². The van der Waals surface area contributed by atoms with E-state index in [1.54, 1.807) is 6.92 Å². The number of nitrogens with one attached hydrogen (secondary N) is 1. The average Bonchev–Trinajstić information content (AvgIpc) is 3.16. The van der Waals surface area contributed by atoms with Gasteiger partial charge in [-0.05, 0) is 63.1 Å². The van der Waals surface area contributed by atoms with Gasteiger partial charge in [0.1, 0.15) is 15.6 Å². The highest BCUT2D eigenvalue weighted by Gasteiger charge is 2.40. The molecule has 1 aliphatic carbocycles. The number of ether oxygens (including phenoxy) is 1. The van der Waals surface area contributed by atoms with Crippen molar-refractivity contribution in [2.45, 2.75) is 76.1 Å². The largest absolute Gasteiger partial charge is 0.434 e. The van der Waals surface area contributed by atoms with Gasteiger partial charge in [-0.2, -0.15) is 27.1 Å². The molecule has 224 valence electrons. The first-order valence-electron chi connectivity index (χ1n) is 12.5. The fraction of sp³-hybridized carbons (Fsp3) is 0.600. The molecule has 1 fully saturated rings. The van der Waals surface area contributed by atoms with Crippen molar-refractivity contribution >= 4 is 27.3 Å². The van der Waals surface area contributed by atoms with E-state index in [-0.39, 0.29) is 46.5 Å². The summed E-state index contributed by atoms with van der Waals surface area (Å²) >= 11 is 6.50.